The van der Waals surface area contributed by atoms with Gasteiger partial charge in [-0.05, 0) is 30.3 Å². The van der Waals surface area contributed by atoms with Crippen molar-refractivity contribution in [1.29, 1.82) is 0 Å². The van der Waals surface area contributed by atoms with E-state index in [1.807, 2.05) is 0 Å². The molecule has 1 atom stereocenters. The highest BCUT2D eigenvalue weighted by atomic mass is 35.5. The summed E-state index contributed by atoms with van der Waals surface area (Å²) >= 11 is 11.9. The number of ketones is 1. The van der Waals surface area contributed by atoms with E-state index in [-0.39, 0.29) is 11.7 Å². The highest BCUT2D eigenvalue weighted by molar-refractivity contribution is 6.36. The van der Waals surface area contributed by atoms with Gasteiger partial charge in [-0.1, -0.05) is 23.2 Å². The zero-order valence-electron chi connectivity index (χ0n) is 11.0. The number of hydrogen-bond donors (Lipinski definition) is 2. The van der Waals surface area contributed by atoms with Gasteiger partial charge in [0.1, 0.15) is 0 Å². The quantitative estimate of drug-likeness (QED) is 0.653. The molecular formula is C14H12Cl2N2O3. The van der Waals surface area contributed by atoms with Crippen LogP contribution in [0.4, 0.5) is 5.69 Å². The standard InChI is InChI=1S/C14H12Cl2N2O3/c1-8(19)17-14(13(20)12-3-2-6-21-12)18-11-5-4-9(15)7-10(11)16/h2-7,14,18H,1H3,(H,17,19). The molecule has 7 heteroatoms. The van der Waals surface area contributed by atoms with Gasteiger partial charge in [0, 0.05) is 11.9 Å². The first kappa shape index (κ1) is 15.4. The number of nitrogens with one attached hydrogen (secondary N) is 2. The molecule has 0 aliphatic rings. The fourth-order valence-electron chi connectivity index (χ4n) is 1.69. The van der Waals surface area contributed by atoms with E-state index in [9.17, 15) is 9.59 Å². The van der Waals surface area contributed by atoms with Crippen LogP contribution in [0.15, 0.2) is 41.0 Å². The molecule has 0 radical (unpaired) electrons. The number of carbonyl (C=O) groups is 2. The maximum absolute atomic E-state index is 12.3. The van der Waals surface area contributed by atoms with Gasteiger partial charge in [0.15, 0.2) is 11.9 Å². The predicted molar refractivity (Wildman–Crippen MR) is 80.7 cm³/mol. The van der Waals surface area contributed by atoms with Crippen molar-refractivity contribution in [2.45, 2.75) is 13.1 Å². The van der Waals surface area contributed by atoms with Crippen LogP contribution in [0.2, 0.25) is 10.0 Å². The van der Waals surface area contributed by atoms with E-state index >= 15 is 0 Å². The maximum Gasteiger partial charge on any atom is 0.240 e. The number of Topliss-reactive ketones (excluding diaryl/α,β-unsaturated/α-hetero) is 1. The average molecular weight is 327 g/mol. The summed E-state index contributed by atoms with van der Waals surface area (Å²) in [5, 5.41) is 6.18. The van der Waals surface area contributed by atoms with Crippen LogP contribution >= 0.6 is 23.2 Å². The van der Waals surface area contributed by atoms with E-state index in [2.05, 4.69) is 10.6 Å². The van der Waals surface area contributed by atoms with Crippen molar-refractivity contribution in [3.05, 3.63) is 52.4 Å². The smallest absolute Gasteiger partial charge is 0.240 e. The fraction of sp³-hybridized carbons (Fsp3) is 0.143. The lowest BCUT2D eigenvalue weighted by Crippen LogP contribution is -2.45. The summed E-state index contributed by atoms with van der Waals surface area (Å²) in [4.78, 5) is 23.6. The van der Waals surface area contributed by atoms with Gasteiger partial charge in [-0.15, -0.1) is 0 Å². The number of anilines is 1. The molecule has 2 N–H and O–H groups in total. The zero-order chi connectivity index (χ0) is 15.4. The Kier molecular flexibility index (Phi) is 4.88. The highest BCUT2D eigenvalue weighted by Crippen LogP contribution is 2.26. The van der Waals surface area contributed by atoms with Crippen molar-refractivity contribution in [2.24, 2.45) is 0 Å². The van der Waals surface area contributed by atoms with Crippen molar-refractivity contribution in [2.75, 3.05) is 5.32 Å². The molecule has 1 amide bonds. The molecule has 2 rings (SSSR count). The summed E-state index contributed by atoms with van der Waals surface area (Å²) < 4.78 is 5.05. The van der Waals surface area contributed by atoms with E-state index in [1.54, 1.807) is 18.2 Å². The number of halogens is 2. The lowest BCUT2D eigenvalue weighted by molar-refractivity contribution is -0.119. The topological polar surface area (TPSA) is 71.3 Å². The van der Waals surface area contributed by atoms with Gasteiger partial charge in [-0.25, -0.2) is 0 Å². The van der Waals surface area contributed by atoms with Crippen molar-refractivity contribution >= 4 is 40.6 Å². The molecule has 2 aromatic rings. The molecule has 0 aliphatic heterocycles. The Balaban J connectivity index is 2.24. The minimum atomic E-state index is -0.993. The molecule has 5 nitrogen and oxygen atoms in total. The molecular weight excluding hydrogens is 315 g/mol. The van der Waals surface area contributed by atoms with Gasteiger partial charge in [0.25, 0.3) is 0 Å². The minimum absolute atomic E-state index is 0.131. The van der Waals surface area contributed by atoms with Gasteiger partial charge in [0.2, 0.25) is 11.7 Å². The summed E-state index contributed by atoms with van der Waals surface area (Å²) in [6.07, 6.45) is 0.389. The zero-order valence-corrected chi connectivity index (χ0v) is 12.5. The number of carbonyl (C=O) groups excluding carboxylic acids is 2. The Bertz CT molecular complexity index is 656. The molecule has 1 aromatic carbocycles. The molecule has 0 saturated heterocycles. The van der Waals surface area contributed by atoms with Crippen LogP contribution < -0.4 is 10.6 Å². The summed E-state index contributed by atoms with van der Waals surface area (Å²) in [6.45, 7) is 1.31. The van der Waals surface area contributed by atoms with Crippen molar-refractivity contribution in [3.8, 4) is 0 Å². The van der Waals surface area contributed by atoms with Crippen LogP contribution in [0.5, 0.6) is 0 Å². The van der Waals surface area contributed by atoms with E-state index in [4.69, 9.17) is 27.6 Å². The Morgan fingerprint density at radius 3 is 2.57 bits per heavy atom. The van der Waals surface area contributed by atoms with Crippen LogP contribution in [-0.4, -0.2) is 17.9 Å². The molecule has 0 spiro atoms. The third-order valence-electron chi connectivity index (χ3n) is 2.60. The van der Waals surface area contributed by atoms with Crippen LogP contribution in [0.25, 0.3) is 0 Å². The van der Waals surface area contributed by atoms with Gasteiger partial charge < -0.3 is 15.1 Å². The summed E-state index contributed by atoms with van der Waals surface area (Å²) in [6, 6.07) is 7.89. The average Bonchev–Trinajstić information content (AvgIpc) is 2.93. The van der Waals surface area contributed by atoms with E-state index in [0.29, 0.717) is 15.7 Å². The van der Waals surface area contributed by atoms with Crippen LogP contribution in [0.1, 0.15) is 17.5 Å². The van der Waals surface area contributed by atoms with Crippen molar-refractivity contribution < 1.29 is 14.0 Å². The lowest BCUT2D eigenvalue weighted by Gasteiger charge is -2.19. The molecule has 110 valence electrons. The second-order valence-electron chi connectivity index (χ2n) is 4.24. The van der Waals surface area contributed by atoms with E-state index in [1.165, 1.54) is 25.3 Å². The highest BCUT2D eigenvalue weighted by Gasteiger charge is 2.23. The van der Waals surface area contributed by atoms with E-state index < -0.39 is 11.9 Å². The third-order valence-corrected chi connectivity index (χ3v) is 3.15. The summed E-state index contributed by atoms with van der Waals surface area (Å²) in [7, 11) is 0. The first-order chi connectivity index (χ1) is 9.97. The van der Waals surface area contributed by atoms with Crippen molar-refractivity contribution in [3.63, 3.8) is 0 Å². The second kappa shape index (κ2) is 6.65. The Hall–Kier alpha value is -1.98. The first-order valence-corrected chi connectivity index (χ1v) is 6.79. The number of amides is 1. The van der Waals surface area contributed by atoms with E-state index in [0.717, 1.165) is 0 Å². The fourth-order valence-corrected chi connectivity index (χ4v) is 2.16. The monoisotopic (exact) mass is 326 g/mol. The third kappa shape index (κ3) is 4.00. The van der Waals surface area contributed by atoms with Gasteiger partial charge in [-0.3, -0.25) is 9.59 Å². The largest absolute Gasteiger partial charge is 0.461 e. The number of hydrogen-bond acceptors (Lipinski definition) is 4. The minimum Gasteiger partial charge on any atom is -0.461 e. The van der Waals surface area contributed by atoms with Crippen LogP contribution in [0, 0.1) is 0 Å². The Morgan fingerprint density at radius 1 is 1.24 bits per heavy atom. The Morgan fingerprint density at radius 2 is 2.00 bits per heavy atom. The first-order valence-electron chi connectivity index (χ1n) is 6.04. The van der Waals surface area contributed by atoms with Gasteiger partial charge >= 0.3 is 0 Å². The number of benzene rings is 1. The second-order valence-corrected chi connectivity index (χ2v) is 5.09. The van der Waals surface area contributed by atoms with Gasteiger partial charge in [-0.2, -0.15) is 0 Å². The molecule has 0 fully saturated rings. The lowest BCUT2D eigenvalue weighted by atomic mass is 10.2. The van der Waals surface area contributed by atoms with Gasteiger partial charge in [0.05, 0.1) is 17.0 Å². The molecule has 1 unspecified atom stereocenters. The molecule has 1 aromatic heterocycles. The summed E-state index contributed by atoms with van der Waals surface area (Å²) in [5.74, 6) is -0.648. The predicted octanol–water partition coefficient (Wildman–Crippen LogP) is 3.34. The normalized spacial score (nSPS) is 11.8. The molecule has 21 heavy (non-hydrogen) atoms. The van der Waals surface area contributed by atoms with Crippen LogP contribution in [0.3, 0.4) is 0 Å². The Labute approximate surface area is 131 Å². The number of rotatable bonds is 5. The molecule has 0 aliphatic carbocycles. The molecule has 0 bridgehead atoms. The molecule has 1 heterocycles. The summed E-state index contributed by atoms with van der Waals surface area (Å²) in [5.41, 5.74) is 0.472. The van der Waals surface area contributed by atoms with Crippen molar-refractivity contribution in [1.82, 2.24) is 5.32 Å². The van der Waals surface area contributed by atoms with Crippen LogP contribution in [-0.2, 0) is 4.79 Å². The molecule has 0 saturated carbocycles. The SMILES string of the molecule is CC(=O)NC(Nc1ccc(Cl)cc1Cl)C(=O)c1ccco1. The maximum atomic E-state index is 12.3. The number of furan rings is 1.